The van der Waals surface area contributed by atoms with Crippen LogP contribution < -0.4 is 5.32 Å². The highest BCUT2D eigenvalue weighted by Gasteiger charge is 2.29. The normalized spacial score (nSPS) is 14.3. The van der Waals surface area contributed by atoms with Crippen LogP contribution in [-0.4, -0.2) is 42.6 Å². The average molecular weight is 364 g/mol. The third-order valence-corrected chi connectivity index (χ3v) is 5.21. The summed E-state index contributed by atoms with van der Waals surface area (Å²) < 4.78 is 0. The lowest BCUT2D eigenvalue weighted by Gasteiger charge is -2.23. The van der Waals surface area contributed by atoms with Crippen LogP contribution in [0.1, 0.15) is 44.2 Å². The summed E-state index contributed by atoms with van der Waals surface area (Å²) in [5, 5.41) is 3.42. The van der Waals surface area contributed by atoms with Gasteiger partial charge >= 0.3 is 0 Å². The van der Waals surface area contributed by atoms with Crippen LogP contribution >= 0.6 is 0 Å². The second-order valence-electron chi connectivity index (χ2n) is 7.10. The number of hydrogen-bond donors (Lipinski definition) is 1. The molecule has 2 aromatic rings. The van der Waals surface area contributed by atoms with Gasteiger partial charge in [-0.1, -0.05) is 74.0 Å². The van der Waals surface area contributed by atoms with Gasteiger partial charge < -0.3 is 15.1 Å². The molecule has 1 heterocycles. The van der Waals surface area contributed by atoms with Gasteiger partial charge in [-0.25, -0.2) is 0 Å². The van der Waals surface area contributed by atoms with Crippen LogP contribution in [0.25, 0.3) is 11.4 Å². The van der Waals surface area contributed by atoms with Crippen LogP contribution in [0.5, 0.6) is 0 Å². The zero-order valence-electron chi connectivity index (χ0n) is 16.8. The summed E-state index contributed by atoms with van der Waals surface area (Å²) in [6.07, 6.45) is 3.77. The molecule has 144 valence electrons. The molecule has 0 saturated heterocycles. The zero-order valence-corrected chi connectivity index (χ0v) is 16.8. The Balaban J connectivity index is 1.84. The molecule has 0 amide bonds. The van der Waals surface area contributed by atoms with Crippen LogP contribution in [0.3, 0.4) is 0 Å². The van der Waals surface area contributed by atoms with E-state index in [0.717, 1.165) is 32.8 Å². The molecule has 1 aliphatic heterocycles. The average Bonchev–Trinajstić information content (AvgIpc) is 3.10. The first-order valence-electron chi connectivity index (χ1n) is 10.4. The fraction of sp³-hybridized carbons (Fsp3) is 0.417. The van der Waals surface area contributed by atoms with Gasteiger partial charge in [-0.3, -0.25) is 0 Å². The molecule has 2 aromatic carbocycles. The standard InChI is InChI=1S/C24H33N3/c1-3-25-18-12-7-13-19-27-20-26(4-2)23(21-14-8-5-9-15-21)24(27)22-16-10-6-11-17-22/h5-6,8-11,14-17,25H,3-4,7,12-13,18-20H2,1-2H3. The molecule has 0 fully saturated rings. The summed E-state index contributed by atoms with van der Waals surface area (Å²) in [5.41, 5.74) is 5.39. The van der Waals surface area contributed by atoms with Gasteiger partial charge in [-0.15, -0.1) is 0 Å². The number of rotatable bonds is 10. The summed E-state index contributed by atoms with van der Waals surface area (Å²) in [5.74, 6) is 0. The molecule has 0 aliphatic carbocycles. The maximum absolute atomic E-state index is 3.42. The molecule has 0 spiro atoms. The molecule has 3 heteroatoms. The molecule has 0 radical (unpaired) electrons. The molecule has 0 saturated carbocycles. The van der Waals surface area contributed by atoms with Crippen molar-refractivity contribution >= 4 is 11.4 Å². The lowest BCUT2D eigenvalue weighted by Crippen LogP contribution is -2.28. The molecule has 3 rings (SSSR count). The minimum Gasteiger partial charge on any atom is -0.352 e. The summed E-state index contributed by atoms with van der Waals surface area (Å²) in [6, 6.07) is 21.7. The van der Waals surface area contributed by atoms with Crippen LogP contribution in [-0.2, 0) is 0 Å². The van der Waals surface area contributed by atoms with Crippen molar-refractivity contribution in [2.45, 2.75) is 33.1 Å². The van der Waals surface area contributed by atoms with E-state index in [1.807, 2.05) is 0 Å². The van der Waals surface area contributed by atoms with Crippen LogP contribution in [0.15, 0.2) is 60.7 Å². The van der Waals surface area contributed by atoms with Gasteiger partial charge in [0.15, 0.2) is 0 Å². The molecule has 0 atom stereocenters. The van der Waals surface area contributed by atoms with E-state index < -0.39 is 0 Å². The lowest BCUT2D eigenvalue weighted by molar-refractivity contribution is 0.283. The second-order valence-corrected chi connectivity index (χ2v) is 7.10. The predicted molar refractivity (Wildman–Crippen MR) is 116 cm³/mol. The number of nitrogens with zero attached hydrogens (tertiary/aromatic N) is 2. The van der Waals surface area contributed by atoms with Crippen molar-refractivity contribution in [3.63, 3.8) is 0 Å². The Morgan fingerprint density at radius 2 is 1.33 bits per heavy atom. The first-order valence-corrected chi connectivity index (χ1v) is 10.4. The zero-order chi connectivity index (χ0) is 18.9. The predicted octanol–water partition coefficient (Wildman–Crippen LogP) is 4.89. The Morgan fingerprint density at radius 3 is 1.89 bits per heavy atom. The molecular weight excluding hydrogens is 330 g/mol. The highest BCUT2D eigenvalue weighted by molar-refractivity contribution is 5.90. The first-order chi connectivity index (χ1) is 13.3. The fourth-order valence-electron chi connectivity index (χ4n) is 3.82. The van der Waals surface area contributed by atoms with E-state index in [2.05, 4.69) is 89.6 Å². The minimum absolute atomic E-state index is 0.984. The Hall–Kier alpha value is -2.26. The van der Waals surface area contributed by atoms with Gasteiger partial charge in [0.05, 0.1) is 18.1 Å². The van der Waals surface area contributed by atoms with Crippen molar-refractivity contribution in [2.75, 3.05) is 32.8 Å². The van der Waals surface area contributed by atoms with Gasteiger partial charge in [-0.2, -0.15) is 0 Å². The van der Waals surface area contributed by atoms with Crippen molar-refractivity contribution in [3.05, 3.63) is 71.8 Å². The first kappa shape index (κ1) is 19.5. The van der Waals surface area contributed by atoms with Crippen molar-refractivity contribution < 1.29 is 0 Å². The van der Waals surface area contributed by atoms with Gasteiger partial charge in [-0.05, 0) is 44.0 Å². The second kappa shape index (κ2) is 10.2. The Kier molecular flexibility index (Phi) is 7.35. The largest absolute Gasteiger partial charge is 0.352 e. The SMILES string of the molecule is CCNCCCCCN1CN(CC)C(c2ccccc2)=C1c1ccccc1. The highest BCUT2D eigenvalue weighted by atomic mass is 15.4. The molecule has 3 nitrogen and oxygen atoms in total. The van der Waals surface area contributed by atoms with Crippen molar-refractivity contribution in [2.24, 2.45) is 0 Å². The van der Waals surface area contributed by atoms with Crippen molar-refractivity contribution in [3.8, 4) is 0 Å². The molecule has 0 unspecified atom stereocenters. The quantitative estimate of drug-likeness (QED) is 0.607. The number of hydrogen-bond acceptors (Lipinski definition) is 3. The van der Waals surface area contributed by atoms with Gasteiger partial charge in [0.2, 0.25) is 0 Å². The van der Waals surface area contributed by atoms with Crippen molar-refractivity contribution in [1.82, 2.24) is 15.1 Å². The Morgan fingerprint density at radius 1 is 0.741 bits per heavy atom. The van der Waals surface area contributed by atoms with E-state index in [9.17, 15) is 0 Å². The maximum atomic E-state index is 3.42. The number of nitrogens with one attached hydrogen (secondary N) is 1. The van der Waals surface area contributed by atoms with E-state index in [0.29, 0.717) is 0 Å². The third-order valence-electron chi connectivity index (χ3n) is 5.21. The number of unbranched alkanes of at least 4 members (excludes halogenated alkanes) is 2. The summed E-state index contributed by atoms with van der Waals surface area (Å²) >= 11 is 0. The molecule has 1 aliphatic rings. The third kappa shape index (κ3) is 4.92. The van der Waals surface area contributed by atoms with Gasteiger partial charge in [0.25, 0.3) is 0 Å². The van der Waals surface area contributed by atoms with E-state index in [1.54, 1.807) is 0 Å². The highest BCUT2D eigenvalue weighted by Crippen LogP contribution is 2.37. The molecular formula is C24H33N3. The summed E-state index contributed by atoms with van der Waals surface area (Å²) in [6.45, 7) is 9.75. The van der Waals surface area contributed by atoms with E-state index in [1.165, 1.54) is 41.8 Å². The summed E-state index contributed by atoms with van der Waals surface area (Å²) in [4.78, 5) is 5.09. The van der Waals surface area contributed by atoms with Gasteiger partial charge in [0.1, 0.15) is 0 Å². The topological polar surface area (TPSA) is 18.5 Å². The van der Waals surface area contributed by atoms with Crippen molar-refractivity contribution in [1.29, 1.82) is 0 Å². The summed E-state index contributed by atoms with van der Waals surface area (Å²) in [7, 11) is 0. The maximum Gasteiger partial charge on any atom is 0.0904 e. The lowest BCUT2D eigenvalue weighted by atomic mass is 10.0. The van der Waals surface area contributed by atoms with Crippen LogP contribution in [0, 0.1) is 0 Å². The van der Waals surface area contributed by atoms with E-state index in [4.69, 9.17) is 0 Å². The van der Waals surface area contributed by atoms with Gasteiger partial charge in [0, 0.05) is 13.1 Å². The Bertz CT molecular complexity index is 709. The van der Waals surface area contributed by atoms with E-state index in [-0.39, 0.29) is 0 Å². The smallest absolute Gasteiger partial charge is 0.0904 e. The molecule has 0 aromatic heterocycles. The molecule has 0 bridgehead atoms. The van der Waals surface area contributed by atoms with Crippen LogP contribution in [0.4, 0.5) is 0 Å². The Labute approximate surface area is 164 Å². The van der Waals surface area contributed by atoms with E-state index >= 15 is 0 Å². The minimum atomic E-state index is 0.984. The van der Waals surface area contributed by atoms with Crippen LogP contribution in [0.2, 0.25) is 0 Å². The number of benzene rings is 2. The monoisotopic (exact) mass is 363 g/mol. The molecule has 1 N–H and O–H groups in total. The fourth-order valence-corrected chi connectivity index (χ4v) is 3.82. The molecule has 27 heavy (non-hydrogen) atoms.